The second-order valence-electron chi connectivity index (χ2n) is 5.38. The first kappa shape index (κ1) is 16.4. The normalized spacial score (nSPS) is 11.8. The first-order chi connectivity index (χ1) is 9.45. The van der Waals surface area contributed by atoms with Crippen molar-refractivity contribution in [3.8, 4) is 0 Å². The molecule has 0 aliphatic carbocycles. The predicted octanol–water partition coefficient (Wildman–Crippen LogP) is 3.35. The lowest BCUT2D eigenvalue weighted by Gasteiger charge is -2.12. The molecule has 1 amide bonds. The number of carbonyl (C=O) groups is 1. The van der Waals surface area contributed by atoms with E-state index in [0.717, 1.165) is 24.1 Å². The van der Waals surface area contributed by atoms with Gasteiger partial charge in [0.2, 0.25) is 0 Å². The minimum Gasteiger partial charge on any atom is -0.351 e. The summed E-state index contributed by atoms with van der Waals surface area (Å²) in [5, 5.41) is 2.95. The van der Waals surface area contributed by atoms with Gasteiger partial charge >= 0.3 is 0 Å². The van der Waals surface area contributed by atoms with Gasteiger partial charge in [-0.2, -0.15) is 0 Å². The lowest BCUT2D eigenvalue weighted by atomic mass is 9.98. The van der Waals surface area contributed by atoms with Crippen LogP contribution in [0.3, 0.4) is 0 Å². The van der Waals surface area contributed by atoms with Crippen molar-refractivity contribution < 1.29 is 6.22 Å². The molecule has 0 fully saturated rings. The Hall–Kier alpha value is -1.61. The van der Waals surface area contributed by atoms with Gasteiger partial charge in [-0.15, -0.1) is 0 Å². The number of nitrogens with zero attached hydrogens (tertiary/aromatic N) is 1. The van der Waals surface area contributed by atoms with Crippen LogP contribution in [0.5, 0.6) is 0 Å². The van der Waals surface area contributed by atoms with Crippen molar-refractivity contribution in [2.45, 2.75) is 27.2 Å². The lowest BCUT2D eigenvalue weighted by Crippen LogP contribution is -2.31. The van der Waals surface area contributed by atoms with Gasteiger partial charge in [-0.1, -0.05) is 19.1 Å². The molecule has 20 heavy (non-hydrogen) atoms. The number of likely N-dealkylation sites (N-methyl/N-ethyl adjacent to an activating group) is 1. The van der Waals surface area contributed by atoms with Crippen LogP contribution >= 0.6 is 0 Å². The molecule has 0 heterocycles. The quantitative estimate of drug-likeness (QED) is 0.864. The fourth-order valence-electron chi connectivity index (χ4n) is 2.10. The van der Waals surface area contributed by atoms with Gasteiger partial charge in [0.15, 0.2) is 0 Å². The van der Waals surface area contributed by atoms with Crippen LogP contribution in [0.4, 0.5) is 0 Å². The van der Waals surface area contributed by atoms with Gasteiger partial charge < -0.3 is 10.2 Å². The molecule has 0 bridgehead atoms. The van der Waals surface area contributed by atoms with Crippen LogP contribution in [0.15, 0.2) is 24.3 Å². The van der Waals surface area contributed by atoms with E-state index in [1.54, 1.807) is 0 Å². The third kappa shape index (κ3) is 4.82. The van der Waals surface area contributed by atoms with Gasteiger partial charge in [0.1, 0.15) is 0 Å². The van der Waals surface area contributed by atoms with E-state index in [1.165, 1.54) is 11.1 Å². The average molecular weight is 276 g/mol. The number of allylic oxidation sites excluding steroid dienone is 2. The van der Waals surface area contributed by atoms with E-state index in [4.69, 9.17) is 0 Å². The molecule has 3 heteroatoms. The summed E-state index contributed by atoms with van der Waals surface area (Å²) in [6.45, 7) is 7.81. The Labute approximate surface area is 124 Å². The second-order valence-corrected chi connectivity index (χ2v) is 5.38. The van der Waals surface area contributed by atoms with Gasteiger partial charge in [-0.3, -0.25) is 4.79 Å². The molecule has 0 unspecified atom stereocenters. The maximum absolute atomic E-state index is 12.1. The predicted molar refractivity (Wildman–Crippen MR) is 88.1 cm³/mol. The van der Waals surface area contributed by atoms with E-state index >= 15 is 0 Å². The van der Waals surface area contributed by atoms with E-state index < -0.39 is 0 Å². The van der Waals surface area contributed by atoms with Gasteiger partial charge in [0.25, 0.3) is 5.91 Å². The molecule has 0 aliphatic heterocycles. The summed E-state index contributed by atoms with van der Waals surface area (Å²) < 4.78 is 0. The van der Waals surface area contributed by atoms with Crippen LogP contribution in [0.25, 0.3) is 5.57 Å². The molecule has 0 aromatic heterocycles. The minimum absolute atomic E-state index is 0. The molecular formula is C17H28N2O. The number of hydrogen-bond donors (Lipinski definition) is 1. The second kappa shape index (κ2) is 7.85. The molecule has 0 spiro atoms. The van der Waals surface area contributed by atoms with Gasteiger partial charge in [-0.05, 0) is 63.2 Å². The summed E-state index contributed by atoms with van der Waals surface area (Å²) in [6.07, 6.45) is 3.20. The zero-order valence-corrected chi connectivity index (χ0v) is 13.3. The standard InChI is InChI=1S/C17H26N2O.H2/c1-6-7-13(2)16-12-15(9-8-14(16)3)17(20)18-10-11-19(4)5;/h7-9,12H,6,10-11H2,1-5H3,(H,18,20);1H/b13-7+;. The van der Waals surface area contributed by atoms with E-state index in [0.29, 0.717) is 6.54 Å². The fourth-order valence-corrected chi connectivity index (χ4v) is 2.10. The molecule has 1 N–H and O–H groups in total. The van der Waals surface area contributed by atoms with Crippen molar-refractivity contribution in [2.75, 3.05) is 27.2 Å². The largest absolute Gasteiger partial charge is 0.351 e. The van der Waals surface area contributed by atoms with Crippen LogP contribution in [0, 0.1) is 6.92 Å². The van der Waals surface area contributed by atoms with Crippen LogP contribution in [0.2, 0.25) is 0 Å². The van der Waals surface area contributed by atoms with E-state index in [9.17, 15) is 4.79 Å². The maximum atomic E-state index is 12.1. The number of rotatable bonds is 6. The van der Waals surface area contributed by atoms with Crippen molar-refractivity contribution in [3.05, 3.63) is 41.0 Å². The highest BCUT2D eigenvalue weighted by Gasteiger charge is 2.08. The Kier molecular flexibility index (Phi) is 6.46. The Morgan fingerprint density at radius 1 is 1.40 bits per heavy atom. The summed E-state index contributed by atoms with van der Waals surface area (Å²) in [6, 6.07) is 5.90. The van der Waals surface area contributed by atoms with Crippen molar-refractivity contribution >= 4 is 11.5 Å². The van der Waals surface area contributed by atoms with Crippen molar-refractivity contribution in [1.82, 2.24) is 10.2 Å². The average Bonchev–Trinajstić information content (AvgIpc) is 2.38. The summed E-state index contributed by atoms with van der Waals surface area (Å²) in [4.78, 5) is 14.2. The smallest absolute Gasteiger partial charge is 0.251 e. The van der Waals surface area contributed by atoms with Crippen LogP contribution in [0.1, 0.15) is 43.2 Å². The molecule has 0 radical (unpaired) electrons. The summed E-state index contributed by atoms with van der Waals surface area (Å²) in [5.74, 6) is -0.00241. The number of benzene rings is 1. The number of hydrogen-bond acceptors (Lipinski definition) is 2. The van der Waals surface area contributed by atoms with Crippen LogP contribution in [-0.4, -0.2) is 38.0 Å². The zero-order chi connectivity index (χ0) is 15.1. The SMILES string of the molecule is CC/C=C(\C)c1cc(C(=O)NCCN(C)C)ccc1C.[HH]. The Bertz CT molecular complexity index is 496. The third-order valence-corrected chi connectivity index (χ3v) is 3.28. The Morgan fingerprint density at radius 3 is 2.70 bits per heavy atom. The van der Waals surface area contributed by atoms with Crippen molar-refractivity contribution in [3.63, 3.8) is 0 Å². The molecule has 0 saturated heterocycles. The Balaban J connectivity index is 0.00000400. The van der Waals surface area contributed by atoms with Gasteiger partial charge in [-0.25, -0.2) is 0 Å². The highest BCUT2D eigenvalue weighted by atomic mass is 16.1. The first-order valence-electron chi connectivity index (χ1n) is 7.16. The summed E-state index contributed by atoms with van der Waals surface area (Å²) in [7, 11) is 3.99. The maximum Gasteiger partial charge on any atom is 0.251 e. The summed E-state index contributed by atoms with van der Waals surface area (Å²) >= 11 is 0. The molecule has 1 aromatic carbocycles. The minimum atomic E-state index is -0.00241. The van der Waals surface area contributed by atoms with Gasteiger partial charge in [0.05, 0.1) is 0 Å². The first-order valence-corrected chi connectivity index (χ1v) is 7.16. The zero-order valence-electron chi connectivity index (χ0n) is 13.3. The van der Waals surface area contributed by atoms with E-state index in [1.807, 2.05) is 32.3 Å². The van der Waals surface area contributed by atoms with Crippen molar-refractivity contribution in [2.24, 2.45) is 0 Å². The number of amides is 1. The molecule has 0 atom stereocenters. The Morgan fingerprint density at radius 2 is 2.10 bits per heavy atom. The molecule has 1 rings (SSSR count). The fraction of sp³-hybridized carbons (Fsp3) is 0.471. The van der Waals surface area contributed by atoms with Crippen molar-refractivity contribution in [1.29, 1.82) is 0 Å². The molecule has 0 saturated carbocycles. The topological polar surface area (TPSA) is 32.3 Å². The highest BCUT2D eigenvalue weighted by Crippen LogP contribution is 2.20. The number of carbonyl (C=O) groups excluding carboxylic acids is 1. The molecule has 3 nitrogen and oxygen atoms in total. The molecule has 1 aromatic rings. The third-order valence-electron chi connectivity index (χ3n) is 3.28. The lowest BCUT2D eigenvalue weighted by molar-refractivity contribution is 0.0951. The monoisotopic (exact) mass is 276 g/mol. The van der Waals surface area contributed by atoms with E-state index in [-0.39, 0.29) is 7.33 Å². The van der Waals surface area contributed by atoms with Crippen LogP contribution < -0.4 is 5.32 Å². The number of aryl methyl sites for hydroxylation is 1. The molecular weight excluding hydrogens is 248 g/mol. The van der Waals surface area contributed by atoms with E-state index in [2.05, 4.69) is 37.1 Å². The molecule has 0 aliphatic rings. The molecule has 112 valence electrons. The van der Waals surface area contributed by atoms with Crippen LogP contribution in [-0.2, 0) is 0 Å². The highest BCUT2D eigenvalue weighted by molar-refractivity contribution is 5.95. The number of nitrogens with one attached hydrogen (secondary N) is 1. The summed E-state index contributed by atoms with van der Waals surface area (Å²) in [5.41, 5.74) is 4.32. The van der Waals surface area contributed by atoms with Gasteiger partial charge in [0, 0.05) is 20.1 Å².